The first kappa shape index (κ1) is 15.3. The Kier molecular flexibility index (Phi) is 4.76. The highest BCUT2D eigenvalue weighted by Gasteiger charge is 2.29. The van der Waals surface area contributed by atoms with E-state index >= 15 is 0 Å². The van der Waals surface area contributed by atoms with Gasteiger partial charge in [0.25, 0.3) is 0 Å². The van der Waals surface area contributed by atoms with Gasteiger partial charge in [-0.15, -0.1) is 0 Å². The number of ketones is 1. The van der Waals surface area contributed by atoms with Crippen LogP contribution >= 0.6 is 0 Å². The Morgan fingerprint density at radius 1 is 1.09 bits per heavy atom. The second kappa shape index (κ2) is 7.13. The molecule has 1 amide bonds. The van der Waals surface area contributed by atoms with E-state index in [9.17, 15) is 9.59 Å². The van der Waals surface area contributed by atoms with Crippen molar-refractivity contribution in [3.8, 4) is 0 Å². The Balaban J connectivity index is 1.64. The summed E-state index contributed by atoms with van der Waals surface area (Å²) in [5.41, 5.74) is 1.24. The van der Waals surface area contributed by atoms with Crippen molar-refractivity contribution in [2.45, 2.75) is 19.3 Å². The van der Waals surface area contributed by atoms with Gasteiger partial charge in [-0.1, -0.05) is 12.1 Å². The maximum absolute atomic E-state index is 12.5. The van der Waals surface area contributed by atoms with Gasteiger partial charge in [-0.3, -0.25) is 19.6 Å². The first-order valence-corrected chi connectivity index (χ1v) is 7.87. The van der Waals surface area contributed by atoms with Crippen molar-refractivity contribution in [2.75, 3.05) is 13.1 Å². The lowest BCUT2D eigenvalue weighted by Crippen LogP contribution is -2.43. The lowest BCUT2D eigenvalue weighted by molar-refractivity contribution is -0.131. The van der Waals surface area contributed by atoms with Crippen molar-refractivity contribution in [1.82, 2.24) is 14.9 Å². The van der Waals surface area contributed by atoms with Gasteiger partial charge < -0.3 is 4.90 Å². The normalized spacial score (nSPS) is 17.7. The van der Waals surface area contributed by atoms with Crippen LogP contribution in [0.3, 0.4) is 0 Å². The van der Waals surface area contributed by atoms with Gasteiger partial charge >= 0.3 is 0 Å². The number of carbonyl (C=O) groups excluding carboxylic acids is 2. The molecule has 0 aliphatic carbocycles. The number of carbonyl (C=O) groups is 2. The summed E-state index contributed by atoms with van der Waals surface area (Å²) in [6.45, 7) is 1.18. The third-order valence-electron chi connectivity index (χ3n) is 4.12. The Bertz CT molecular complexity index is 673. The zero-order valence-corrected chi connectivity index (χ0v) is 12.9. The van der Waals surface area contributed by atoms with Crippen LogP contribution in [0.2, 0.25) is 0 Å². The third-order valence-corrected chi connectivity index (χ3v) is 4.12. The molecule has 5 heteroatoms. The molecule has 0 unspecified atom stereocenters. The predicted octanol–water partition coefficient (Wildman–Crippen LogP) is 2.14. The van der Waals surface area contributed by atoms with Crippen LogP contribution in [-0.4, -0.2) is 39.6 Å². The molecule has 1 fully saturated rings. The van der Waals surface area contributed by atoms with E-state index in [4.69, 9.17) is 0 Å². The largest absolute Gasteiger partial charge is 0.342 e. The first-order chi connectivity index (χ1) is 11.2. The summed E-state index contributed by atoms with van der Waals surface area (Å²) in [7, 11) is 0. The topological polar surface area (TPSA) is 63.2 Å². The van der Waals surface area contributed by atoms with Crippen LogP contribution in [0.15, 0.2) is 48.8 Å². The summed E-state index contributed by atoms with van der Waals surface area (Å²) in [5, 5.41) is 0. The standard InChI is InChI=1S/C18H19N3O2/c22-17(12-15-7-1-3-9-19-15)21-11-5-6-14(13-21)18(23)16-8-2-4-10-20-16/h1-4,7-10,14H,5-6,11-13H2/t14-/m0/s1. The molecule has 0 spiro atoms. The lowest BCUT2D eigenvalue weighted by atomic mass is 9.91. The number of rotatable bonds is 4. The highest BCUT2D eigenvalue weighted by atomic mass is 16.2. The molecule has 0 saturated carbocycles. The number of pyridine rings is 2. The van der Waals surface area contributed by atoms with Gasteiger partial charge in [0.2, 0.25) is 5.91 Å². The molecule has 2 aromatic heterocycles. The summed E-state index contributed by atoms with van der Waals surface area (Å²) in [6, 6.07) is 10.9. The average molecular weight is 309 g/mol. The van der Waals surface area contributed by atoms with Crippen molar-refractivity contribution in [3.63, 3.8) is 0 Å². The molecule has 118 valence electrons. The highest BCUT2D eigenvalue weighted by Crippen LogP contribution is 2.20. The van der Waals surface area contributed by atoms with Crippen LogP contribution in [-0.2, 0) is 11.2 Å². The molecule has 0 aromatic carbocycles. The molecule has 1 atom stereocenters. The van der Waals surface area contributed by atoms with E-state index in [1.54, 1.807) is 29.4 Å². The molecule has 1 aliphatic rings. The molecular formula is C18H19N3O2. The maximum atomic E-state index is 12.5. The zero-order chi connectivity index (χ0) is 16.1. The van der Waals surface area contributed by atoms with Crippen molar-refractivity contribution in [2.24, 2.45) is 5.92 Å². The maximum Gasteiger partial charge on any atom is 0.228 e. The van der Waals surface area contributed by atoms with E-state index < -0.39 is 0 Å². The summed E-state index contributed by atoms with van der Waals surface area (Å²) < 4.78 is 0. The molecule has 3 heterocycles. The van der Waals surface area contributed by atoms with Crippen LogP contribution in [0.1, 0.15) is 29.0 Å². The number of Topliss-reactive ketones (excluding diaryl/α,β-unsaturated/α-hetero) is 1. The van der Waals surface area contributed by atoms with Gasteiger partial charge in [0.1, 0.15) is 5.69 Å². The van der Waals surface area contributed by atoms with Crippen molar-refractivity contribution >= 4 is 11.7 Å². The lowest BCUT2D eigenvalue weighted by Gasteiger charge is -2.32. The van der Waals surface area contributed by atoms with Gasteiger partial charge in [0.05, 0.1) is 6.42 Å². The summed E-state index contributed by atoms with van der Waals surface area (Å²) in [4.78, 5) is 35.0. The van der Waals surface area contributed by atoms with Crippen LogP contribution in [0.5, 0.6) is 0 Å². The molecule has 1 saturated heterocycles. The Morgan fingerprint density at radius 2 is 1.87 bits per heavy atom. The summed E-state index contributed by atoms with van der Waals surface area (Å²) in [5.74, 6) is -0.102. The molecule has 0 radical (unpaired) electrons. The van der Waals surface area contributed by atoms with Crippen LogP contribution < -0.4 is 0 Å². The number of aromatic nitrogens is 2. The minimum absolute atomic E-state index is 0.0286. The van der Waals surface area contributed by atoms with E-state index in [1.165, 1.54) is 0 Å². The molecule has 0 bridgehead atoms. The SMILES string of the molecule is O=C(c1ccccn1)[C@H]1CCCN(C(=O)Cc2ccccn2)C1. The quantitative estimate of drug-likeness (QED) is 0.812. The Labute approximate surface area is 135 Å². The van der Waals surface area contributed by atoms with E-state index in [0.29, 0.717) is 18.8 Å². The van der Waals surface area contributed by atoms with Gasteiger partial charge in [0.15, 0.2) is 5.78 Å². The highest BCUT2D eigenvalue weighted by molar-refractivity contribution is 5.96. The second-order valence-electron chi connectivity index (χ2n) is 5.76. The number of nitrogens with zero attached hydrogens (tertiary/aromatic N) is 3. The predicted molar refractivity (Wildman–Crippen MR) is 85.8 cm³/mol. The van der Waals surface area contributed by atoms with Crippen molar-refractivity contribution in [3.05, 3.63) is 60.2 Å². The average Bonchev–Trinajstić information content (AvgIpc) is 2.63. The molecular weight excluding hydrogens is 290 g/mol. The van der Waals surface area contributed by atoms with Crippen LogP contribution in [0.4, 0.5) is 0 Å². The molecule has 23 heavy (non-hydrogen) atoms. The monoisotopic (exact) mass is 309 g/mol. The van der Waals surface area contributed by atoms with Gasteiger partial charge in [-0.25, -0.2) is 0 Å². The fraction of sp³-hybridized carbons (Fsp3) is 0.333. The number of amides is 1. The second-order valence-corrected chi connectivity index (χ2v) is 5.76. The van der Waals surface area contributed by atoms with E-state index in [2.05, 4.69) is 9.97 Å². The fourth-order valence-corrected chi connectivity index (χ4v) is 2.90. The third kappa shape index (κ3) is 3.80. The van der Waals surface area contributed by atoms with Gasteiger partial charge in [0, 0.05) is 37.1 Å². The molecule has 3 rings (SSSR count). The van der Waals surface area contributed by atoms with Crippen molar-refractivity contribution in [1.29, 1.82) is 0 Å². The van der Waals surface area contributed by atoms with E-state index in [1.807, 2.05) is 24.3 Å². The van der Waals surface area contributed by atoms with Gasteiger partial charge in [-0.2, -0.15) is 0 Å². The van der Waals surface area contributed by atoms with Crippen LogP contribution in [0, 0.1) is 5.92 Å². The molecule has 5 nitrogen and oxygen atoms in total. The first-order valence-electron chi connectivity index (χ1n) is 7.87. The Morgan fingerprint density at radius 3 is 2.57 bits per heavy atom. The summed E-state index contributed by atoms with van der Waals surface area (Å²) in [6.07, 6.45) is 5.25. The fourth-order valence-electron chi connectivity index (χ4n) is 2.90. The van der Waals surface area contributed by atoms with E-state index in [0.717, 1.165) is 18.5 Å². The molecule has 0 N–H and O–H groups in total. The number of hydrogen-bond acceptors (Lipinski definition) is 4. The van der Waals surface area contributed by atoms with E-state index in [-0.39, 0.29) is 24.0 Å². The molecule has 2 aromatic rings. The molecule has 1 aliphatic heterocycles. The minimum atomic E-state index is -0.161. The summed E-state index contributed by atoms with van der Waals surface area (Å²) >= 11 is 0. The number of piperidine rings is 1. The number of hydrogen-bond donors (Lipinski definition) is 0. The van der Waals surface area contributed by atoms with Crippen molar-refractivity contribution < 1.29 is 9.59 Å². The zero-order valence-electron chi connectivity index (χ0n) is 12.9. The smallest absolute Gasteiger partial charge is 0.228 e. The Hall–Kier alpha value is -2.56. The number of likely N-dealkylation sites (tertiary alicyclic amines) is 1. The van der Waals surface area contributed by atoms with Crippen LogP contribution in [0.25, 0.3) is 0 Å². The minimum Gasteiger partial charge on any atom is -0.342 e. The van der Waals surface area contributed by atoms with Gasteiger partial charge in [-0.05, 0) is 37.1 Å².